The molecule has 0 aromatic heterocycles. The van der Waals surface area contributed by atoms with E-state index in [0.29, 0.717) is 5.69 Å². The molecule has 1 rings (SSSR count). The average molecular weight is 262 g/mol. The van der Waals surface area contributed by atoms with E-state index in [4.69, 9.17) is 0 Å². The lowest BCUT2D eigenvalue weighted by molar-refractivity contribution is -0.127. The van der Waals surface area contributed by atoms with Crippen LogP contribution >= 0.6 is 0 Å². The molecule has 0 heterocycles. The second-order valence-electron chi connectivity index (χ2n) is 3.69. The number of halogens is 3. The Bertz CT molecular complexity index is 421. The van der Waals surface area contributed by atoms with E-state index in [2.05, 4.69) is 0 Å². The van der Waals surface area contributed by atoms with Gasteiger partial charge in [0.25, 0.3) is 0 Å². The van der Waals surface area contributed by atoms with Gasteiger partial charge >= 0.3 is 6.18 Å². The molecule has 0 atom stereocenters. The van der Waals surface area contributed by atoms with Gasteiger partial charge in [-0.05, 0) is 12.1 Å². The molecule has 18 heavy (non-hydrogen) atoms. The van der Waals surface area contributed by atoms with E-state index in [-0.39, 0.29) is 5.75 Å². The first-order valence-corrected chi connectivity index (χ1v) is 5.12. The topological polar surface area (TPSA) is 52.6 Å². The van der Waals surface area contributed by atoms with Crippen molar-refractivity contribution in [2.45, 2.75) is 6.18 Å². The number of carbonyl (C=O) groups is 1. The Morgan fingerprint density at radius 2 is 2.11 bits per heavy atom. The average Bonchev–Trinajstić information content (AvgIpc) is 2.26. The summed E-state index contributed by atoms with van der Waals surface area (Å²) < 4.78 is 35.6. The molecule has 0 aliphatic heterocycles. The first-order valence-electron chi connectivity index (χ1n) is 5.12. The summed E-state index contributed by atoms with van der Waals surface area (Å²) in [7, 11) is 1.42. The molecule has 0 bridgehead atoms. The zero-order valence-electron chi connectivity index (χ0n) is 9.66. The maximum absolute atomic E-state index is 11.9. The third-order valence-corrected chi connectivity index (χ3v) is 2.19. The van der Waals surface area contributed by atoms with Gasteiger partial charge in [-0.25, -0.2) is 0 Å². The smallest absolute Gasteiger partial charge is 0.401 e. The Morgan fingerprint density at radius 3 is 2.67 bits per heavy atom. The van der Waals surface area contributed by atoms with Crippen molar-refractivity contribution in [3.8, 4) is 5.75 Å². The maximum Gasteiger partial charge on any atom is 0.401 e. The summed E-state index contributed by atoms with van der Waals surface area (Å²) >= 11 is 0. The summed E-state index contributed by atoms with van der Waals surface area (Å²) in [6.07, 6.45) is -4.34. The number of alkyl halides is 3. The molecule has 0 saturated carbocycles. The van der Waals surface area contributed by atoms with Gasteiger partial charge in [0.1, 0.15) is 5.75 Å². The van der Waals surface area contributed by atoms with Crippen LogP contribution in [0.15, 0.2) is 24.3 Å². The summed E-state index contributed by atoms with van der Waals surface area (Å²) in [5.41, 5.74) is 0.411. The molecule has 1 aromatic carbocycles. The lowest BCUT2D eigenvalue weighted by Crippen LogP contribution is -2.39. The van der Waals surface area contributed by atoms with Gasteiger partial charge in [0.05, 0.1) is 13.1 Å². The summed E-state index contributed by atoms with van der Waals surface area (Å²) in [5, 5.41) is 11.2. The Balaban J connectivity index is 2.52. The minimum Gasteiger partial charge on any atom is -0.508 e. The number of aromatic hydroxyl groups is 1. The molecule has 4 nitrogen and oxygen atoms in total. The summed E-state index contributed by atoms with van der Waals surface area (Å²) in [6, 6.07) is 5.89. The van der Waals surface area contributed by atoms with Gasteiger partial charge in [-0.15, -0.1) is 0 Å². The summed E-state index contributed by atoms with van der Waals surface area (Å²) in [4.78, 5) is 12.7. The number of nitrogens with zero attached hydrogens (tertiary/aromatic N) is 1. The normalized spacial score (nSPS) is 11.3. The molecule has 7 heteroatoms. The number of phenols is 1. The molecule has 0 saturated heterocycles. The van der Waals surface area contributed by atoms with Gasteiger partial charge in [-0.3, -0.25) is 4.79 Å². The van der Waals surface area contributed by atoms with E-state index in [1.165, 1.54) is 30.1 Å². The van der Waals surface area contributed by atoms with Crippen LogP contribution in [0.3, 0.4) is 0 Å². The van der Waals surface area contributed by atoms with Crippen molar-refractivity contribution in [3.63, 3.8) is 0 Å². The number of amides is 1. The predicted molar refractivity (Wildman–Crippen MR) is 60.4 cm³/mol. The highest BCUT2D eigenvalue weighted by molar-refractivity contribution is 5.94. The van der Waals surface area contributed by atoms with Crippen LogP contribution in [0.1, 0.15) is 0 Å². The molecule has 1 amide bonds. The number of likely N-dealkylation sites (N-methyl/N-ethyl adjacent to an activating group) is 1. The maximum atomic E-state index is 11.9. The molecule has 100 valence electrons. The van der Waals surface area contributed by atoms with Crippen LogP contribution in [-0.4, -0.2) is 37.3 Å². The van der Waals surface area contributed by atoms with Crippen LogP contribution in [-0.2, 0) is 4.79 Å². The van der Waals surface area contributed by atoms with Crippen LogP contribution in [0.4, 0.5) is 18.9 Å². The number of benzene rings is 1. The van der Waals surface area contributed by atoms with Gasteiger partial charge in [0.2, 0.25) is 5.91 Å². The van der Waals surface area contributed by atoms with Crippen molar-refractivity contribution in [1.29, 1.82) is 0 Å². The molecule has 0 fully saturated rings. The second kappa shape index (κ2) is 5.72. The fourth-order valence-electron chi connectivity index (χ4n) is 1.28. The van der Waals surface area contributed by atoms with E-state index >= 15 is 0 Å². The van der Waals surface area contributed by atoms with Crippen molar-refractivity contribution < 1.29 is 23.1 Å². The second-order valence-corrected chi connectivity index (χ2v) is 3.69. The van der Waals surface area contributed by atoms with Crippen LogP contribution < -0.4 is 10.2 Å². The summed E-state index contributed by atoms with van der Waals surface area (Å²) in [6.45, 7) is -1.64. The highest BCUT2D eigenvalue weighted by Gasteiger charge is 2.26. The molecule has 0 aliphatic carbocycles. The van der Waals surface area contributed by atoms with Crippen molar-refractivity contribution in [1.82, 2.24) is 5.32 Å². The van der Waals surface area contributed by atoms with E-state index in [0.717, 1.165) is 0 Å². The van der Waals surface area contributed by atoms with Crippen LogP contribution in [0, 0.1) is 0 Å². The minimum absolute atomic E-state index is 0.0181. The number of nitrogens with one attached hydrogen (secondary N) is 1. The van der Waals surface area contributed by atoms with Crippen LogP contribution in [0.2, 0.25) is 0 Å². The zero-order chi connectivity index (χ0) is 13.8. The molecule has 1 aromatic rings. The molecular weight excluding hydrogens is 249 g/mol. The quantitative estimate of drug-likeness (QED) is 0.864. The van der Waals surface area contributed by atoms with E-state index in [1.54, 1.807) is 6.07 Å². The number of hydrogen-bond acceptors (Lipinski definition) is 3. The molecule has 0 unspecified atom stereocenters. The lowest BCUT2D eigenvalue weighted by Gasteiger charge is -2.18. The molecule has 0 radical (unpaired) electrons. The summed E-state index contributed by atoms with van der Waals surface area (Å²) in [5.74, 6) is -0.541. The van der Waals surface area contributed by atoms with Crippen molar-refractivity contribution in [2.75, 3.05) is 25.0 Å². The fourth-order valence-corrected chi connectivity index (χ4v) is 1.28. The van der Waals surface area contributed by atoms with Gasteiger partial charge < -0.3 is 15.3 Å². The Kier molecular flexibility index (Phi) is 4.55. The predicted octanol–water partition coefficient (Wildman–Crippen LogP) is 1.51. The molecule has 0 aliphatic rings. The monoisotopic (exact) mass is 262 g/mol. The third kappa shape index (κ3) is 4.62. The van der Waals surface area contributed by atoms with E-state index < -0.39 is 25.2 Å². The molecule has 2 N–H and O–H groups in total. The Hall–Kier alpha value is -1.76. The number of carbonyl (C=O) groups excluding carboxylic acids is 1. The van der Waals surface area contributed by atoms with Crippen molar-refractivity contribution in [3.05, 3.63) is 24.3 Å². The first-order chi connectivity index (χ1) is 8.29. The van der Waals surface area contributed by atoms with Crippen LogP contribution in [0.25, 0.3) is 0 Å². The van der Waals surface area contributed by atoms with Crippen molar-refractivity contribution >= 4 is 11.6 Å². The number of hydrogen-bond donors (Lipinski definition) is 2. The first kappa shape index (κ1) is 14.3. The number of phenolic OH excluding ortho intramolecular Hbond substituents is 1. The lowest BCUT2D eigenvalue weighted by atomic mass is 10.3. The fraction of sp³-hybridized carbons (Fsp3) is 0.364. The van der Waals surface area contributed by atoms with Gasteiger partial charge in [0.15, 0.2) is 0 Å². The standard InChI is InChI=1S/C11H13F3N2O2/c1-16(8-3-2-4-9(17)5-8)10(18)6-15-7-11(12,13)14/h2-5,15,17H,6-7H2,1H3. The Labute approximate surface area is 102 Å². The highest BCUT2D eigenvalue weighted by Crippen LogP contribution is 2.18. The SMILES string of the molecule is CN(C(=O)CNCC(F)(F)F)c1cccc(O)c1. The highest BCUT2D eigenvalue weighted by atomic mass is 19.4. The number of rotatable bonds is 4. The van der Waals surface area contributed by atoms with E-state index in [1.807, 2.05) is 5.32 Å². The van der Waals surface area contributed by atoms with Gasteiger partial charge in [-0.2, -0.15) is 13.2 Å². The Morgan fingerprint density at radius 1 is 1.44 bits per heavy atom. The van der Waals surface area contributed by atoms with Gasteiger partial charge in [0, 0.05) is 18.8 Å². The van der Waals surface area contributed by atoms with Gasteiger partial charge in [-0.1, -0.05) is 6.07 Å². The minimum atomic E-state index is -4.34. The largest absolute Gasteiger partial charge is 0.508 e. The van der Waals surface area contributed by atoms with E-state index in [9.17, 15) is 23.1 Å². The molecular formula is C11H13F3N2O2. The number of anilines is 1. The van der Waals surface area contributed by atoms with Crippen LogP contribution in [0.5, 0.6) is 5.75 Å². The van der Waals surface area contributed by atoms with Crippen molar-refractivity contribution in [2.24, 2.45) is 0 Å². The zero-order valence-corrected chi connectivity index (χ0v) is 9.66. The molecule has 0 spiro atoms. The third-order valence-electron chi connectivity index (χ3n) is 2.19.